The van der Waals surface area contributed by atoms with E-state index in [-0.39, 0.29) is 23.8 Å². The van der Waals surface area contributed by atoms with Gasteiger partial charge in [0.15, 0.2) is 0 Å². The summed E-state index contributed by atoms with van der Waals surface area (Å²) in [6, 6.07) is 10.0. The molecule has 22 heavy (non-hydrogen) atoms. The van der Waals surface area contributed by atoms with Crippen molar-refractivity contribution in [3.05, 3.63) is 35.9 Å². The highest BCUT2D eigenvalue weighted by Crippen LogP contribution is 2.18. The Labute approximate surface area is 132 Å². The van der Waals surface area contributed by atoms with Crippen molar-refractivity contribution in [2.24, 2.45) is 5.92 Å². The summed E-state index contributed by atoms with van der Waals surface area (Å²) in [5.41, 5.74) is 1.05. The molecule has 0 aromatic heterocycles. The first-order valence-corrected chi connectivity index (χ1v) is 8.22. The Morgan fingerprint density at radius 3 is 2.45 bits per heavy atom. The molecular weight excluding hydrogens is 276 g/mol. The Kier molecular flexibility index (Phi) is 5.99. The fourth-order valence-corrected chi connectivity index (χ4v) is 2.74. The van der Waals surface area contributed by atoms with Crippen LogP contribution < -0.4 is 5.32 Å². The number of amides is 2. The second-order valence-corrected chi connectivity index (χ2v) is 6.14. The zero-order valence-corrected chi connectivity index (χ0v) is 13.5. The van der Waals surface area contributed by atoms with Gasteiger partial charge in [0.05, 0.1) is 6.42 Å². The van der Waals surface area contributed by atoms with Crippen molar-refractivity contribution >= 4 is 11.8 Å². The normalized spacial score (nSPS) is 17.1. The Morgan fingerprint density at radius 2 is 1.86 bits per heavy atom. The van der Waals surface area contributed by atoms with Crippen LogP contribution >= 0.6 is 0 Å². The zero-order valence-electron chi connectivity index (χ0n) is 13.5. The van der Waals surface area contributed by atoms with Gasteiger partial charge >= 0.3 is 0 Å². The third kappa shape index (κ3) is 4.58. The Bertz CT molecular complexity index is 493. The van der Waals surface area contributed by atoms with Crippen LogP contribution in [0.25, 0.3) is 0 Å². The molecular formula is C18H26N2O2. The van der Waals surface area contributed by atoms with Gasteiger partial charge in [0.1, 0.15) is 0 Å². The summed E-state index contributed by atoms with van der Waals surface area (Å²) >= 11 is 0. The van der Waals surface area contributed by atoms with E-state index in [2.05, 4.69) is 12.2 Å². The SMILES string of the molecule is CC[C@@H](C)NC(=O)C1CCN(C(=O)Cc2ccccc2)CC1. The number of hydrogen-bond acceptors (Lipinski definition) is 2. The fraction of sp³-hybridized carbons (Fsp3) is 0.556. The second-order valence-electron chi connectivity index (χ2n) is 6.14. The predicted molar refractivity (Wildman–Crippen MR) is 87.3 cm³/mol. The molecule has 0 radical (unpaired) electrons. The van der Waals surface area contributed by atoms with Crippen LogP contribution in [0.4, 0.5) is 0 Å². The molecule has 1 aromatic carbocycles. The molecule has 1 aromatic rings. The third-order valence-electron chi connectivity index (χ3n) is 4.42. The van der Waals surface area contributed by atoms with Gasteiger partial charge in [0, 0.05) is 25.0 Å². The zero-order chi connectivity index (χ0) is 15.9. The molecule has 4 heteroatoms. The standard InChI is InChI=1S/C18H26N2O2/c1-3-14(2)19-18(22)16-9-11-20(12-10-16)17(21)13-15-7-5-4-6-8-15/h4-8,14,16H,3,9-13H2,1-2H3,(H,19,22)/t14-/m1/s1. The largest absolute Gasteiger partial charge is 0.353 e. The average molecular weight is 302 g/mol. The molecule has 1 atom stereocenters. The maximum Gasteiger partial charge on any atom is 0.226 e. The molecule has 1 N–H and O–H groups in total. The van der Waals surface area contributed by atoms with Gasteiger partial charge in [-0.25, -0.2) is 0 Å². The molecule has 1 fully saturated rings. The number of nitrogens with zero attached hydrogens (tertiary/aromatic N) is 1. The lowest BCUT2D eigenvalue weighted by Crippen LogP contribution is -2.45. The molecule has 4 nitrogen and oxygen atoms in total. The molecule has 1 aliphatic rings. The van der Waals surface area contributed by atoms with E-state index < -0.39 is 0 Å². The second kappa shape index (κ2) is 7.97. The molecule has 0 unspecified atom stereocenters. The van der Waals surface area contributed by atoms with Crippen LogP contribution in [-0.2, 0) is 16.0 Å². The first-order valence-electron chi connectivity index (χ1n) is 8.22. The molecule has 0 saturated carbocycles. The van der Waals surface area contributed by atoms with Crippen molar-refractivity contribution < 1.29 is 9.59 Å². The van der Waals surface area contributed by atoms with E-state index >= 15 is 0 Å². The van der Waals surface area contributed by atoms with Gasteiger partial charge in [-0.2, -0.15) is 0 Å². The van der Waals surface area contributed by atoms with Gasteiger partial charge in [-0.05, 0) is 31.7 Å². The van der Waals surface area contributed by atoms with Gasteiger partial charge in [-0.3, -0.25) is 9.59 Å². The van der Waals surface area contributed by atoms with Crippen molar-refractivity contribution in [1.29, 1.82) is 0 Å². The van der Waals surface area contributed by atoms with E-state index in [1.807, 2.05) is 42.2 Å². The lowest BCUT2D eigenvalue weighted by molar-refractivity contribution is -0.135. The van der Waals surface area contributed by atoms with E-state index in [1.165, 1.54) is 0 Å². The molecule has 1 aliphatic heterocycles. The maximum atomic E-state index is 12.3. The van der Waals surface area contributed by atoms with Crippen LogP contribution in [0.5, 0.6) is 0 Å². The highest BCUT2D eigenvalue weighted by Gasteiger charge is 2.27. The lowest BCUT2D eigenvalue weighted by atomic mass is 9.95. The quantitative estimate of drug-likeness (QED) is 0.908. The Morgan fingerprint density at radius 1 is 1.23 bits per heavy atom. The van der Waals surface area contributed by atoms with E-state index in [4.69, 9.17) is 0 Å². The molecule has 0 aliphatic carbocycles. The number of carbonyl (C=O) groups is 2. The molecule has 0 spiro atoms. The first kappa shape index (κ1) is 16.5. The van der Waals surface area contributed by atoms with Crippen LogP contribution in [0.3, 0.4) is 0 Å². The molecule has 120 valence electrons. The summed E-state index contributed by atoms with van der Waals surface area (Å²) in [5.74, 6) is 0.353. The van der Waals surface area contributed by atoms with Crippen LogP contribution in [0.2, 0.25) is 0 Å². The summed E-state index contributed by atoms with van der Waals surface area (Å²) in [5, 5.41) is 3.04. The number of benzene rings is 1. The summed E-state index contributed by atoms with van der Waals surface area (Å²) in [6.45, 7) is 5.46. The van der Waals surface area contributed by atoms with Crippen molar-refractivity contribution in [3.8, 4) is 0 Å². The summed E-state index contributed by atoms with van der Waals surface area (Å²) in [6.07, 6.45) is 2.93. The van der Waals surface area contributed by atoms with Crippen LogP contribution in [0.1, 0.15) is 38.7 Å². The molecule has 1 saturated heterocycles. The van der Waals surface area contributed by atoms with Crippen molar-refractivity contribution in [2.75, 3.05) is 13.1 Å². The molecule has 2 rings (SSSR count). The predicted octanol–water partition coefficient (Wildman–Crippen LogP) is 2.38. The number of likely N-dealkylation sites (tertiary alicyclic amines) is 1. The van der Waals surface area contributed by atoms with E-state index in [0.717, 1.165) is 24.8 Å². The smallest absolute Gasteiger partial charge is 0.226 e. The van der Waals surface area contributed by atoms with E-state index in [1.54, 1.807) is 0 Å². The van der Waals surface area contributed by atoms with E-state index in [9.17, 15) is 9.59 Å². The average Bonchev–Trinajstić information content (AvgIpc) is 2.55. The minimum Gasteiger partial charge on any atom is -0.353 e. The van der Waals surface area contributed by atoms with Gasteiger partial charge in [-0.1, -0.05) is 37.3 Å². The van der Waals surface area contributed by atoms with E-state index in [0.29, 0.717) is 19.5 Å². The highest BCUT2D eigenvalue weighted by molar-refractivity contribution is 5.81. The van der Waals surface area contributed by atoms with Crippen LogP contribution in [0, 0.1) is 5.92 Å². The molecule has 2 amide bonds. The summed E-state index contributed by atoms with van der Waals surface area (Å²) < 4.78 is 0. The van der Waals surface area contributed by atoms with Gasteiger partial charge in [0.25, 0.3) is 0 Å². The van der Waals surface area contributed by atoms with Gasteiger partial charge < -0.3 is 10.2 Å². The lowest BCUT2D eigenvalue weighted by Gasteiger charge is -2.32. The molecule has 0 bridgehead atoms. The number of rotatable bonds is 5. The maximum absolute atomic E-state index is 12.3. The highest BCUT2D eigenvalue weighted by atomic mass is 16.2. The summed E-state index contributed by atoms with van der Waals surface area (Å²) in [7, 11) is 0. The summed E-state index contributed by atoms with van der Waals surface area (Å²) in [4.78, 5) is 26.3. The van der Waals surface area contributed by atoms with Crippen molar-refractivity contribution in [1.82, 2.24) is 10.2 Å². The topological polar surface area (TPSA) is 49.4 Å². The van der Waals surface area contributed by atoms with Gasteiger partial charge in [-0.15, -0.1) is 0 Å². The fourth-order valence-electron chi connectivity index (χ4n) is 2.74. The third-order valence-corrected chi connectivity index (χ3v) is 4.42. The monoisotopic (exact) mass is 302 g/mol. The number of piperidine rings is 1. The number of nitrogens with one attached hydrogen (secondary N) is 1. The Balaban J connectivity index is 1.79. The van der Waals surface area contributed by atoms with Gasteiger partial charge in [0.2, 0.25) is 11.8 Å². The number of carbonyl (C=O) groups excluding carboxylic acids is 2. The minimum atomic E-state index is 0.0507. The first-order chi connectivity index (χ1) is 10.6. The van der Waals surface area contributed by atoms with Crippen LogP contribution in [-0.4, -0.2) is 35.8 Å². The minimum absolute atomic E-state index is 0.0507. The van der Waals surface area contributed by atoms with Crippen molar-refractivity contribution in [2.45, 2.75) is 45.6 Å². The Hall–Kier alpha value is -1.84. The molecule has 1 heterocycles. The van der Waals surface area contributed by atoms with Crippen LogP contribution in [0.15, 0.2) is 30.3 Å². The number of hydrogen-bond donors (Lipinski definition) is 1. The van der Waals surface area contributed by atoms with Crippen molar-refractivity contribution in [3.63, 3.8) is 0 Å².